The van der Waals surface area contributed by atoms with Crippen LogP contribution in [0.5, 0.6) is 0 Å². The molecule has 4 nitrogen and oxygen atoms in total. The average molecular weight is 591 g/mol. The van der Waals surface area contributed by atoms with Crippen LogP contribution in [-0.2, 0) is 5.41 Å². The van der Waals surface area contributed by atoms with E-state index in [1.165, 1.54) is 103 Å². The minimum atomic E-state index is -0.906. The van der Waals surface area contributed by atoms with Gasteiger partial charge in [0.25, 0.3) is 0 Å². The van der Waals surface area contributed by atoms with E-state index < -0.39 is 11.9 Å². The standard InChI is InChI=1S/C39H58O4/c1-3-5-7-9-11-13-15-17-19-21-27-39(28-22-20-18-16-14-12-10-8-6-4-2)35-29-31(37(40)41)23-25-33(35)34-26-24-32(38(42)43)30-36(34)39/h23-26,29-30H,3-22,27-28H2,1-2H3,(H,40,41)(H,42,43). The highest BCUT2D eigenvalue weighted by Crippen LogP contribution is 2.54. The lowest BCUT2D eigenvalue weighted by Crippen LogP contribution is -2.26. The summed E-state index contributed by atoms with van der Waals surface area (Å²) in [7, 11) is 0. The van der Waals surface area contributed by atoms with Crippen LogP contribution >= 0.6 is 0 Å². The molecule has 4 heteroatoms. The summed E-state index contributed by atoms with van der Waals surface area (Å²) in [6.45, 7) is 4.52. The van der Waals surface area contributed by atoms with Crippen molar-refractivity contribution >= 4 is 11.9 Å². The van der Waals surface area contributed by atoms with Crippen LogP contribution in [0.2, 0.25) is 0 Å². The molecule has 2 N–H and O–H groups in total. The first-order valence-electron chi connectivity index (χ1n) is 17.7. The molecule has 0 aliphatic heterocycles. The lowest BCUT2D eigenvalue weighted by molar-refractivity contribution is 0.0686. The summed E-state index contributed by atoms with van der Waals surface area (Å²) in [4.78, 5) is 24.1. The van der Waals surface area contributed by atoms with Gasteiger partial charge in [0.05, 0.1) is 11.1 Å². The fourth-order valence-electron chi connectivity index (χ4n) is 7.25. The molecule has 238 valence electrons. The zero-order valence-corrected chi connectivity index (χ0v) is 27.2. The maximum absolute atomic E-state index is 12.0. The molecule has 0 bridgehead atoms. The normalized spacial score (nSPS) is 13.2. The quantitative estimate of drug-likeness (QED) is 0.119. The number of carboxylic acids is 2. The lowest BCUT2D eigenvalue weighted by Gasteiger charge is -2.33. The Morgan fingerprint density at radius 3 is 1.09 bits per heavy atom. The molecule has 0 aromatic heterocycles. The molecule has 2 aromatic rings. The molecule has 0 amide bonds. The van der Waals surface area contributed by atoms with E-state index in [1.807, 2.05) is 24.3 Å². The van der Waals surface area contributed by atoms with Gasteiger partial charge < -0.3 is 10.2 Å². The Bertz CT molecular complexity index is 1040. The smallest absolute Gasteiger partial charge is 0.335 e. The molecule has 0 atom stereocenters. The predicted molar refractivity (Wildman–Crippen MR) is 179 cm³/mol. The van der Waals surface area contributed by atoms with E-state index in [-0.39, 0.29) is 5.41 Å². The van der Waals surface area contributed by atoms with Crippen molar-refractivity contribution in [1.82, 2.24) is 0 Å². The van der Waals surface area contributed by atoms with Crippen molar-refractivity contribution in [3.63, 3.8) is 0 Å². The van der Waals surface area contributed by atoms with E-state index in [2.05, 4.69) is 13.8 Å². The van der Waals surface area contributed by atoms with Gasteiger partial charge in [-0.25, -0.2) is 9.59 Å². The summed E-state index contributed by atoms with van der Waals surface area (Å²) in [6, 6.07) is 11.1. The zero-order chi connectivity index (χ0) is 30.9. The first kappa shape index (κ1) is 34.9. The molecule has 1 aliphatic carbocycles. The number of unbranched alkanes of at least 4 members (excludes halogenated alkanes) is 18. The number of fused-ring (bicyclic) bond motifs is 3. The number of rotatable bonds is 24. The van der Waals surface area contributed by atoms with Gasteiger partial charge in [-0.05, 0) is 59.4 Å². The number of carboxylic acid groups (broad SMARTS) is 2. The summed E-state index contributed by atoms with van der Waals surface area (Å²) < 4.78 is 0. The van der Waals surface area contributed by atoms with Crippen LogP contribution in [0, 0.1) is 0 Å². The second kappa shape index (κ2) is 18.9. The number of benzene rings is 2. The Labute approximate surface area is 261 Å². The Hall–Kier alpha value is -2.62. The molecule has 0 radical (unpaired) electrons. The van der Waals surface area contributed by atoms with E-state index >= 15 is 0 Å². The summed E-state index contributed by atoms with van der Waals surface area (Å²) in [5.41, 5.74) is 4.66. The third-order valence-corrected chi connectivity index (χ3v) is 9.77. The van der Waals surface area contributed by atoms with Crippen molar-refractivity contribution in [3.8, 4) is 11.1 Å². The summed E-state index contributed by atoms with van der Waals surface area (Å²) in [5, 5.41) is 19.7. The molecule has 0 heterocycles. The molecule has 2 aromatic carbocycles. The van der Waals surface area contributed by atoms with Gasteiger partial charge in [0.15, 0.2) is 0 Å². The molecular weight excluding hydrogens is 532 g/mol. The van der Waals surface area contributed by atoms with Crippen LogP contribution in [0.1, 0.15) is 187 Å². The average Bonchev–Trinajstić information content (AvgIpc) is 3.27. The summed E-state index contributed by atoms with van der Waals surface area (Å²) >= 11 is 0. The molecule has 0 spiro atoms. The first-order chi connectivity index (χ1) is 20.9. The van der Waals surface area contributed by atoms with E-state index in [0.717, 1.165) is 60.8 Å². The fraction of sp³-hybridized carbons (Fsp3) is 0.641. The monoisotopic (exact) mass is 590 g/mol. The van der Waals surface area contributed by atoms with Gasteiger partial charge >= 0.3 is 11.9 Å². The molecule has 43 heavy (non-hydrogen) atoms. The van der Waals surface area contributed by atoms with Crippen LogP contribution in [-0.4, -0.2) is 22.2 Å². The maximum atomic E-state index is 12.0. The van der Waals surface area contributed by atoms with Crippen LogP contribution in [0.4, 0.5) is 0 Å². The SMILES string of the molecule is CCCCCCCCCCCCC1(CCCCCCCCCCCC)c2cc(C(=O)O)ccc2-c2ccc(C(=O)O)cc21. The van der Waals surface area contributed by atoms with Gasteiger partial charge in [-0.2, -0.15) is 0 Å². The Morgan fingerprint density at radius 1 is 0.488 bits per heavy atom. The van der Waals surface area contributed by atoms with Crippen LogP contribution in [0.15, 0.2) is 36.4 Å². The minimum absolute atomic E-state index is 0.320. The van der Waals surface area contributed by atoms with E-state index in [1.54, 1.807) is 12.1 Å². The Kier molecular flexibility index (Phi) is 15.3. The maximum Gasteiger partial charge on any atom is 0.335 e. The second-order valence-corrected chi connectivity index (χ2v) is 13.1. The second-order valence-electron chi connectivity index (χ2n) is 13.1. The molecule has 0 saturated heterocycles. The number of hydrogen-bond donors (Lipinski definition) is 2. The number of carbonyl (C=O) groups is 2. The topological polar surface area (TPSA) is 74.6 Å². The van der Waals surface area contributed by atoms with Crippen LogP contribution in [0.25, 0.3) is 11.1 Å². The molecule has 3 rings (SSSR count). The first-order valence-corrected chi connectivity index (χ1v) is 17.7. The van der Waals surface area contributed by atoms with Crippen LogP contribution in [0.3, 0.4) is 0 Å². The molecule has 0 saturated carbocycles. The predicted octanol–water partition coefficient (Wildman–Crippen LogP) is 12.0. The molecule has 0 fully saturated rings. The molecular formula is C39H58O4. The molecule has 1 aliphatic rings. The van der Waals surface area contributed by atoms with E-state index in [0.29, 0.717) is 11.1 Å². The largest absolute Gasteiger partial charge is 0.478 e. The molecule has 0 unspecified atom stereocenters. The van der Waals surface area contributed by atoms with Crippen LogP contribution < -0.4 is 0 Å². The number of hydrogen-bond acceptors (Lipinski definition) is 2. The van der Waals surface area contributed by atoms with Gasteiger partial charge in [0, 0.05) is 5.41 Å². The highest BCUT2D eigenvalue weighted by Gasteiger charge is 2.43. The van der Waals surface area contributed by atoms with Gasteiger partial charge in [0.2, 0.25) is 0 Å². The third-order valence-electron chi connectivity index (χ3n) is 9.77. The van der Waals surface area contributed by atoms with Gasteiger partial charge in [-0.1, -0.05) is 154 Å². The van der Waals surface area contributed by atoms with Crippen molar-refractivity contribution in [2.45, 2.75) is 161 Å². The van der Waals surface area contributed by atoms with Crippen molar-refractivity contribution in [1.29, 1.82) is 0 Å². The van der Waals surface area contributed by atoms with Gasteiger partial charge in [0.1, 0.15) is 0 Å². The van der Waals surface area contributed by atoms with Crippen molar-refractivity contribution in [2.75, 3.05) is 0 Å². The van der Waals surface area contributed by atoms with E-state index in [9.17, 15) is 19.8 Å². The highest BCUT2D eigenvalue weighted by atomic mass is 16.4. The number of aromatic carboxylic acids is 2. The summed E-state index contributed by atoms with van der Waals surface area (Å²) in [6.07, 6.45) is 27.3. The van der Waals surface area contributed by atoms with Gasteiger partial charge in [-0.3, -0.25) is 0 Å². The third kappa shape index (κ3) is 10.2. The highest BCUT2D eigenvalue weighted by molar-refractivity contribution is 5.93. The lowest BCUT2D eigenvalue weighted by atomic mass is 9.70. The Balaban J connectivity index is 1.73. The Morgan fingerprint density at radius 2 is 0.791 bits per heavy atom. The van der Waals surface area contributed by atoms with Gasteiger partial charge in [-0.15, -0.1) is 0 Å². The van der Waals surface area contributed by atoms with Crippen molar-refractivity contribution in [3.05, 3.63) is 58.7 Å². The summed E-state index contributed by atoms with van der Waals surface area (Å²) in [5.74, 6) is -1.81. The minimum Gasteiger partial charge on any atom is -0.478 e. The van der Waals surface area contributed by atoms with Crippen molar-refractivity contribution < 1.29 is 19.8 Å². The van der Waals surface area contributed by atoms with E-state index in [4.69, 9.17) is 0 Å². The fourth-order valence-corrected chi connectivity index (χ4v) is 7.25. The zero-order valence-electron chi connectivity index (χ0n) is 27.2. The van der Waals surface area contributed by atoms with Crippen molar-refractivity contribution in [2.24, 2.45) is 0 Å².